The fourth-order valence-electron chi connectivity index (χ4n) is 1.66. The van der Waals surface area contributed by atoms with Gasteiger partial charge in [0.05, 0.1) is 11.4 Å². The van der Waals surface area contributed by atoms with Gasteiger partial charge in [-0.2, -0.15) is 0 Å². The van der Waals surface area contributed by atoms with Crippen LogP contribution in [0.4, 0.5) is 0 Å². The molecule has 0 spiro atoms. The number of rotatable bonds is 3. The predicted octanol–water partition coefficient (Wildman–Crippen LogP) is 3.61. The first-order chi connectivity index (χ1) is 6.97. The van der Waals surface area contributed by atoms with Gasteiger partial charge in [0.25, 0.3) is 0 Å². The third kappa shape index (κ3) is 2.38. The molecule has 0 N–H and O–H groups in total. The topological polar surface area (TPSA) is 17.8 Å². The molecule has 0 bridgehead atoms. The lowest BCUT2D eigenvalue weighted by atomic mass is 10.2. The summed E-state index contributed by atoms with van der Waals surface area (Å²) in [7, 11) is 2.06. The van der Waals surface area contributed by atoms with Crippen molar-refractivity contribution in [1.82, 2.24) is 9.55 Å². The molecule has 0 amide bonds. The number of allylic oxidation sites excluding steroid dienone is 1. The van der Waals surface area contributed by atoms with Crippen molar-refractivity contribution in [2.75, 3.05) is 0 Å². The van der Waals surface area contributed by atoms with Crippen molar-refractivity contribution in [3.8, 4) is 0 Å². The summed E-state index contributed by atoms with van der Waals surface area (Å²) in [6.45, 7) is 12.3. The minimum absolute atomic E-state index is 0.438. The molecule has 0 aromatic carbocycles. The number of hydrogen-bond donors (Lipinski definition) is 0. The van der Waals surface area contributed by atoms with Gasteiger partial charge >= 0.3 is 0 Å². The molecule has 1 aromatic rings. The molecule has 0 unspecified atom stereocenters. The van der Waals surface area contributed by atoms with Gasteiger partial charge in [-0.1, -0.05) is 26.0 Å². The molecule has 0 saturated heterocycles. The molecule has 0 radical (unpaired) electrons. The van der Waals surface area contributed by atoms with Crippen LogP contribution in [0.1, 0.15) is 50.8 Å². The molecule has 0 atom stereocenters. The average Bonchev–Trinajstić information content (AvgIpc) is 2.43. The lowest BCUT2D eigenvalue weighted by Gasteiger charge is -2.06. The van der Waals surface area contributed by atoms with Crippen molar-refractivity contribution in [3.63, 3.8) is 0 Å². The van der Waals surface area contributed by atoms with Gasteiger partial charge in [0, 0.05) is 13.0 Å². The van der Waals surface area contributed by atoms with Gasteiger partial charge in [0.1, 0.15) is 5.82 Å². The monoisotopic (exact) mass is 204 g/mol. The standard InChI is InChI=1S/C13H20N2/c1-7-11-12(8-9(2)3)15(6)13(14-11)10(4)5/h7-8,10H,1H2,2-6H3. The molecule has 1 rings (SSSR count). The zero-order valence-corrected chi connectivity index (χ0v) is 10.3. The normalized spacial score (nSPS) is 10.5. The Labute approximate surface area is 92.3 Å². The highest BCUT2D eigenvalue weighted by Crippen LogP contribution is 2.20. The molecule has 2 nitrogen and oxygen atoms in total. The molecular formula is C13H20N2. The molecule has 0 aliphatic heterocycles. The molecule has 1 heterocycles. The van der Waals surface area contributed by atoms with E-state index in [0.717, 1.165) is 17.2 Å². The maximum absolute atomic E-state index is 4.58. The fourth-order valence-corrected chi connectivity index (χ4v) is 1.66. The van der Waals surface area contributed by atoms with E-state index in [2.05, 4.69) is 56.9 Å². The summed E-state index contributed by atoms with van der Waals surface area (Å²) in [6, 6.07) is 0. The Morgan fingerprint density at radius 1 is 1.40 bits per heavy atom. The largest absolute Gasteiger partial charge is 0.331 e. The molecule has 0 aliphatic rings. The Kier molecular flexibility index (Phi) is 3.51. The summed E-state index contributed by atoms with van der Waals surface area (Å²) >= 11 is 0. The third-order valence-electron chi connectivity index (χ3n) is 2.34. The highest BCUT2D eigenvalue weighted by molar-refractivity contribution is 5.61. The van der Waals surface area contributed by atoms with E-state index in [-0.39, 0.29) is 0 Å². The highest BCUT2D eigenvalue weighted by atomic mass is 15.1. The Balaban J connectivity index is 3.36. The third-order valence-corrected chi connectivity index (χ3v) is 2.34. The van der Waals surface area contributed by atoms with Gasteiger partial charge < -0.3 is 4.57 Å². The van der Waals surface area contributed by atoms with Gasteiger partial charge in [0.2, 0.25) is 0 Å². The summed E-state index contributed by atoms with van der Waals surface area (Å²) in [5.74, 6) is 1.55. The second kappa shape index (κ2) is 4.47. The predicted molar refractivity (Wildman–Crippen MR) is 66.7 cm³/mol. The second-order valence-corrected chi connectivity index (χ2v) is 4.38. The Morgan fingerprint density at radius 3 is 2.40 bits per heavy atom. The Hall–Kier alpha value is -1.31. The van der Waals surface area contributed by atoms with Crippen LogP contribution in [-0.2, 0) is 7.05 Å². The number of imidazole rings is 1. The molecule has 0 fully saturated rings. The zero-order chi connectivity index (χ0) is 11.6. The molecule has 2 heteroatoms. The molecule has 82 valence electrons. The van der Waals surface area contributed by atoms with Gasteiger partial charge in [-0.05, 0) is 26.0 Å². The van der Waals surface area contributed by atoms with E-state index in [4.69, 9.17) is 0 Å². The minimum atomic E-state index is 0.438. The molecule has 15 heavy (non-hydrogen) atoms. The van der Waals surface area contributed by atoms with E-state index in [0.29, 0.717) is 5.92 Å². The van der Waals surface area contributed by atoms with Crippen molar-refractivity contribution in [2.45, 2.75) is 33.6 Å². The van der Waals surface area contributed by atoms with E-state index in [9.17, 15) is 0 Å². The van der Waals surface area contributed by atoms with Crippen LogP contribution in [0.2, 0.25) is 0 Å². The zero-order valence-electron chi connectivity index (χ0n) is 10.3. The smallest absolute Gasteiger partial charge is 0.112 e. The molecule has 0 aliphatic carbocycles. The van der Waals surface area contributed by atoms with Crippen LogP contribution >= 0.6 is 0 Å². The van der Waals surface area contributed by atoms with Crippen LogP contribution < -0.4 is 0 Å². The highest BCUT2D eigenvalue weighted by Gasteiger charge is 2.12. The van der Waals surface area contributed by atoms with Crippen molar-refractivity contribution < 1.29 is 0 Å². The molecular weight excluding hydrogens is 184 g/mol. The summed E-state index contributed by atoms with van der Waals surface area (Å²) in [4.78, 5) is 4.58. The van der Waals surface area contributed by atoms with Crippen LogP contribution in [0.5, 0.6) is 0 Å². The first-order valence-electron chi connectivity index (χ1n) is 5.31. The SMILES string of the molecule is C=Cc1nc(C(C)C)n(C)c1C=C(C)C. The maximum atomic E-state index is 4.58. The maximum Gasteiger partial charge on any atom is 0.112 e. The van der Waals surface area contributed by atoms with Gasteiger partial charge in [-0.3, -0.25) is 0 Å². The lowest BCUT2D eigenvalue weighted by Crippen LogP contribution is -2.01. The van der Waals surface area contributed by atoms with Crippen LogP contribution in [0.25, 0.3) is 12.2 Å². The number of nitrogens with zero attached hydrogens (tertiary/aromatic N) is 2. The van der Waals surface area contributed by atoms with Crippen LogP contribution in [0.15, 0.2) is 12.2 Å². The molecule has 0 saturated carbocycles. The number of aromatic nitrogens is 2. The van der Waals surface area contributed by atoms with Crippen molar-refractivity contribution >= 4 is 12.2 Å². The first-order valence-corrected chi connectivity index (χ1v) is 5.31. The second-order valence-electron chi connectivity index (χ2n) is 4.38. The van der Waals surface area contributed by atoms with E-state index >= 15 is 0 Å². The van der Waals surface area contributed by atoms with E-state index in [1.165, 1.54) is 5.57 Å². The minimum Gasteiger partial charge on any atom is -0.331 e. The van der Waals surface area contributed by atoms with Crippen molar-refractivity contribution in [1.29, 1.82) is 0 Å². The van der Waals surface area contributed by atoms with Crippen LogP contribution in [0, 0.1) is 0 Å². The van der Waals surface area contributed by atoms with Gasteiger partial charge in [0.15, 0.2) is 0 Å². The van der Waals surface area contributed by atoms with Crippen LogP contribution in [-0.4, -0.2) is 9.55 Å². The summed E-state index contributed by atoms with van der Waals surface area (Å²) < 4.78 is 2.15. The van der Waals surface area contributed by atoms with Crippen molar-refractivity contribution in [2.24, 2.45) is 7.05 Å². The summed E-state index contributed by atoms with van der Waals surface area (Å²) in [5.41, 5.74) is 3.40. The van der Waals surface area contributed by atoms with Gasteiger partial charge in [-0.25, -0.2) is 4.98 Å². The number of hydrogen-bond acceptors (Lipinski definition) is 1. The first kappa shape index (κ1) is 11.8. The quantitative estimate of drug-likeness (QED) is 0.735. The van der Waals surface area contributed by atoms with E-state index < -0.39 is 0 Å². The average molecular weight is 204 g/mol. The van der Waals surface area contributed by atoms with Crippen LogP contribution in [0.3, 0.4) is 0 Å². The Morgan fingerprint density at radius 2 is 2.00 bits per heavy atom. The Bertz CT molecular complexity index is 391. The van der Waals surface area contributed by atoms with E-state index in [1.54, 1.807) is 0 Å². The van der Waals surface area contributed by atoms with Gasteiger partial charge in [-0.15, -0.1) is 0 Å². The summed E-state index contributed by atoms with van der Waals surface area (Å²) in [6.07, 6.45) is 3.97. The summed E-state index contributed by atoms with van der Waals surface area (Å²) in [5, 5.41) is 0. The molecule has 1 aromatic heterocycles. The van der Waals surface area contributed by atoms with Crippen molar-refractivity contribution in [3.05, 3.63) is 29.4 Å². The van der Waals surface area contributed by atoms with E-state index in [1.807, 2.05) is 6.08 Å². The fraction of sp³-hybridized carbons (Fsp3) is 0.462. The lowest BCUT2D eigenvalue weighted by molar-refractivity contribution is 0.708.